The van der Waals surface area contributed by atoms with E-state index >= 15 is 0 Å². The van der Waals surface area contributed by atoms with Crippen molar-refractivity contribution >= 4 is 16.9 Å². The summed E-state index contributed by atoms with van der Waals surface area (Å²) < 4.78 is 5.27. The second-order valence-corrected chi connectivity index (χ2v) is 4.75. The number of fused-ring (bicyclic) bond motifs is 1. The Hall–Kier alpha value is -1.95. The summed E-state index contributed by atoms with van der Waals surface area (Å²) in [6.07, 6.45) is 1.02. The van der Waals surface area contributed by atoms with Crippen LogP contribution in [0.25, 0.3) is 11.0 Å². The molecule has 0 aliphatic carbocycles. The summed E-state index contributed by atoms with van der Waals surface area (Å²) in [5, 5.41) is 11.4. The number of aromatic nitrogens is 3. The van der Waals surface area contributed by atoms with Gasteiger partial charge in [-0.15, -0.1) is 0 Å². The topological polar surface area (TPSA) is 69.0 Å². The van der Waals surface area contributed by atoms with Gasteiger partial charge >= 0.3 is 0 Å². The summed E-state index contributed by atoms with van der Waals surface area (Å²) in [5.74, 6) is 0.376. The van der Waals surface area contributed by atoms with E-state index in [2.05, 4.69) is 15.5 Å². The van der Waals surface area contributed by atoms with Crippen LogP contribution in [0.15, 0.2) is 24.3 Å². The van der Waals surface area contributed by atoms with E-state index in [9.17, 15) is 4.79 Å². The Labute approximate surface area is 110 Å². The van der Waals surface area contributed by atoms with Crippen LogP contribution in [0.5, 0.6) is 0 Å². The first-order valence-electron chi connectivity index (χ1n) is 6.45. The van der Waals surface area contributed by atoms with Crippen molar-refractivity contribution in [2.75, 3.05) is 19.8 Å². The molecule has 1 amide bonds. The third-order valence-corrected chi connectivity index (χ3v) is 3.22. The molecule has 3 rings (SSSR count). The molecular weight excluding hydrogens is 244 g/mol. The number of nitrogens with one attached hydrogen (secondary N) is 1. The fourth-order valence-electron chi connectivity index (χ4n) is 2.16. The molecular formula is C13H16N4O2. The molecule has 1 saturated heterocycles. The predicted octanol–water partition coefficient (Wildman–Crippen LogP) is 0.584. The molecule has 1 aliphatic rings. The van der Waals surface area contributed by atoms with Gasteiger partial charge in [0, 0.05) is 19.1 Å². The van der Waals surface area contributed by atoms with Crippen LogP contribution in [0.1, 0.15) is 6.42 Å². The fraction of sp³-hybridized carbons (Fsp3) is 0.462. The molecule has 100 valence electrons. The third kappa shape index (κ3) is 2.90. The highest BCUT2D eigenvalue weighted by molar-refractivity contribution is 5.77. The first kappa shape index (κ1) is 12.1. The van der Waals surface area contributed by atoms with Gasteiger partial charge in [-0.1, -0.05) is 12.1 Å². The first-order valence-corrected chi connectivity index (χ1v) is 6.45. The lowest BCUT2D eigenvalue weighted by atomic mass is 10.1. The van der Waals surface area contributed by atoms with Gasteiger partial charge in [-0.3, -0.25) is 4.79 Å². The van der Waals surface area contributed by atoms with E-state index in [0.29, 0.717) is 12.5 Å². The van der Waals surface area contributed by atoms with Crippen LogP contribution in [-0.4, -0.2) is 40.7 Å². The minimum Gasteiger partial charge on any atom is -0.381 e. The first-order chi connectivity index (χ1) is 9.31. The van der Waals surface area contributed by atoms with Crippen LogP contribution < -0.4 is 5.32 Å². The lowest BCUT2D eigenvalue weighted by Crippen LogP contribution is -2.32. The molecule has 2 heterocycles. The average Bonchev–Trinajstić information content (AvgIpc) is 3.04. The molecule has 0 radical (unpaired) electrons. The SMILES string of the molecule is O=C(Cn1nc2ccccc2n1)NC[C@@H]1CCOC1. The van der Waals surface area contributed by atoms with Crippen LogP contribution >= 0.6 is 0 Å². The molecule has 0 saturated carbocycles. The number of benzene rings is 1. The molecule has 6 nitrogen and oxygen atoms in total. The molecule has 1 aromatic heterocycles. The van der Waals surface area contributed by atoms with E-state index in [0.717, 1.165) is 30.7 Å². The summed E-state index contributed by atoms with van der Waals surface area (Å²) in [6.45, 7) is 2.36. The average molecular weight is 260 g/mol. The Balaban J connectivity index is 1.56. The largest absolute Gasteiger partial charge is 0.381 e. The van der Waals surface area contributed by atoms with Crippen LogP contribution in [0, 0.1) is 5.92 Å². The molecule has 1 aromatic carbocycles. The maximum Gasteiger partial charge on any atom is 0.243 e. The second-order valence-electron chi connectivity index (χ2n) is 4.75. The van der Waals surface area contributed by atoms with Crippen molar-refractivity contribution in [2.24, 2.45) is 5.92 Å². The summed E-state index contributed by atoms with van der Waals surface area (Å²) in [4.78, 5) is 13.2. The highest BCUT2D eigenvalue weighted by atomic mass is 16.5. The van der Waals surface area contributed by atoms with Crippen molar-refractivity contribution < 1.29 is 9.53 Å². The van der Waals surface area contributed by atoms with Gasteiger partial charge in [0.25, 0.3) is 0 Å². The van der Waals surface area contributed by atoms with Crippen molar-refractivity contribution in [1.29, 1.82) is 0 Å². The third-order valence-electron chi connectivity index (χ3n) is 3.22. The predicted molar refractivity (Wildman–Crippen MR) is 69.5 cm³/mol. The van der Waals surface area contributed by atoms with Crippen molar-refractivity contribution in [1.82, 2.24) is 20.3 Å². The van der Waals surface area contributed by atoms with Gasteiger partial charge < -0.3 is 10.1 Å². The van der Waals surface area contributed by atoms with Crippen molar-refractivity contribution in [3.05, 3.63) is 24.3 Å². The lowest BCUT2D eigenvalue weighted by molar-refractivity contribution is -0.122. The number of carbonyl (C=O) groups excluding carboxylic acids is 1. The summed E-state index contributed by atoms with van der Waals surface area (Å²) >= 11 is 0. The Morgan fingerprint density at radius 2 is 2.11 bits per heavy atom. The van der Waals surface area contributed by atoms with Crippen molar-refractivity contribution in [3.63, 3.8) is 0 Å². The van der Waals surface area contributed by atoms with Gasteiger partial charge in [0.1, 0.15) is 17.6 Å². The minimum absolute atomic E-state index is 0.0628. The fourth-order valence-corrected chi connectivity index (χ4v) is 2.16. The van der Waals surface area contributed by atoms with Crippen molar-refractivity contribution in [3.8, 4) is 0 Å². The second kappa shape index (κ2) is 5.36. The standard InChI is InChI=1S/C13H16N4O2/c18-13(14-7-10-5-6-19-9-10)8-17-15-11-3-1-2-4-12(11)16-17/h1-4,10H,5-9H2,(H,14,18)/t10-/m0/s1. The molecule has 1 atom stereocenters. The van der Waals surface area contributed by atoms with Crippen LogP contribution in [-0.2, 0) is 16.1 Å². The monoisotopic (exact) mass is 260 g/mol. The molecule has 2 aromatic rings. The van der Waals surface area contributed by atoms with Crippen molar-refractivity contribution in [2.45, 2.75) is 13.0 Å². The number of carbonyl (C=O) groups is 1. The van der Waals surface area contributed by atoms with Crippen LogP contribution in [0.4, 0.5) is 0 Å². The summed E-state index contributed by atoms with van der Waals surface area (Å²) in [6, 6.07) is 7.57. The highest BCUT2D eigenvalue weighted by Gasteiger charge is 2.16. The molecule has 19 heavy (non-hydrogen) atoms. The maximum atomic E-state index is 11.8. The molecule has 6 heteroatoms. The zero-order valence-electron chi connectivity index (χ0n) is 10.6. The van der Waals surface area contributed by atoms with Gasteiger partial charge in [-0.25, -0.2) is 0 Å². The van der Waals surface area contributed by atoms with E-state index in [1.807, 2.05) is 24.3 Å². The van der Waals surface area contributed by atoms with Gasteiger partial charge in [-0.2, -0.15) is 15.0 Å². The van der Waals surface area contributed by atoms with E-state index in [1.54, 1.807) is 0 Å². The highest BCUT2D eigenvalue weighted by Crippen LogP contribution is 2.10. The van der Waals surface area contributed by atoms with Gasteiger partial charge in [0.05, 0.1) is 6.61 Å². The molecule has 1 N–H and O–H groups in total. The van der Waals surface area contributed by atoms with Crippen LogP contribution in [0.2, 0.25) is 0 Å². The van der Waals surface area contributed by atoms with E-state index in [4.69, 9.17) is 4.74 Å². The van der Waals surface area contributed by atoms with Gasteiger partial charge in [-0.05, 0) is 18.6 Å². The maximum absolute atomic E-state index is 11.8. The molecule has 0 spiro atoms. The zero-order valence-corrected chi connectivity index (χ0v) is 10.6. The Bertz CT molecular complexity index is 542. The Morgan fingerprint density at radius 3 is 2.74 bits per heavy atom. The quantitative estimate of drug-likeness (QED) is 0.873. The zero-order chi connectivity index (χ0) is 13.1. The number of rotatable bonds is 4. The molecule has 0 bridgehead atoms. The Morgan fingerprint density at radius 1 is 1.37 bits per heavy atom. The van der Waals surface area contributed by atoms with Crippen LogP contribution in [0.3, 0.4) is 0 Å². The van der Waals surface area contributed by atoms with Gasteiger partial charge in [0.15, 0.2) is 0 Å². The Kier molecular flexibility index (Phi) is 3.41. The number of hydrogen-bond donors (Lipinski definition) is 1. The number of ether oxygens (including phenoxy) is 1. The van der Waals surface area contributed by atoms with Gasteiger partial charge in [0.2, 0.25) is 5.91 Å². The lowest BCUT2D eigenvalue weighted by Gasteiger charge is -2.08. The smallest absolute Gasteiger partial charge is 0.243 e. The number of amides is 1. The molecule has 0 unspecified atom stereocenters. The van der Waals surface area contributed by atoms with E-state index in [1.165, 1.54) is 4.80 Å². The van der Waals surface area contributed by atoms with E-state index < -0.39 is 0 Å². The van der Waals surface area contributed by atoms with E-state index in [-0.39, 0.29) is 12.5 Å². The summed E-state index contributed by atoms with van der Waals surface area (Å²) in [5.41, 5.74) is 1.61. The number of nitrogens with zero attached hydrogens (tertiary/aromatic N) is 3. The summed E-state index contributed by atoms with van der Waals surface area (Å²) in [7, 11) is 0. The molecule has 1 fully saturated rings. The number of hydrogen-bond acceptors (Lipinski definition) is 4. The normalized spacial score (nSPS) is 18.8. The minimum atomic E-state index is -0.0628. The molecule has 1 aliphatic heterocycles.